The summed E-state index contributed by atoms with van der Waals surface area (Å²) in [6.07, 6.45) is 5.28. The molecule has 1 aliphatic heterocycles. The van der Waals surface area contributed by atoms with Gasteiger partial charge in [-0.1, -0.05) is 13.3 Å². The number of piperidine rings is 1. The monoisotopic (exact) mass is 200 g/mol. The highest BCUT2D eigenvalue weighted by molar-refractivity contribution is 4.73. The third-order valence-corrected chi connectivity index (χ3v) is 3.07. The lowest BCUT2D eigenvalue weighted by Crippen LogP contribution is -2.38. The van der Waals surface area contributed by atoms with E-state index in [-0.39, 0.29) is 6.61 Å². The molecule has 1 atom stereocenters. The van der Waals surface area contributed by atoms with Gasteiger partial charge in [-0.25, -0.2) is 0 Å². The summed E-state index contributed by atoms with van der Waals surface area (Å²) in [4.78, 5) is 2.32. The maximum absolute atomic E-state index is 8.85. The average Bonchev–Trinajstić information content (AvgIpc) is 2.25. The summed E-state index contributed by atoms with van der Waals surface area (Å²) >= 11 is 0. The lowest BCUT2D eigenvalue weighted by molar-refractivity contribution is 0.192. The first-order valence-electron chi connectivity index (χ1n) is 5.93. The quantitative estimate of drug-likeness (QED) is 0.667. The van der Waals surface area contributed by atoms with Crippen LogP contribution in [0, 0.1) is 0 Å². The van der Waals surface area contributed by atoms with Crippen molar-refractivity contribution in [1.82, 2.24) is 10.2 Å². The first-order chi connectivity index (χ1) is 6.86. The fourth-order valence-electron chi connectivity index (χ4n) is 2.08. The van der Waals surface area contributed by atoms with Crippen molar-refractivity contribution in [2.45, 2.75) is 38.6 Å². The lowest BCUT2D eigenvalue weighted by Gasteiger charge is -2.26. The van der Waals surface area contributed by atoms with Crippen LogP contribution in [0.4, 0.5) is 0 Å². The van der Waals surface area contributed by atoms with E-state index in [1.54, 1.807) is 0 Å². The Morgan fingerprint density at radius 3 is 2.79 bits per heavy atom. The van der Waals surface area contributed by atoms with Crippen molar-refractivity contribution in [3.05, 3.63) is 0 Å². The Balaban J connectivity index is 2.10. The Morgan fingerprint density at radius 2 is 2.21 bits per heavy atom. The van der Waals surface area contributed by atoms with Gasteiger partial charge in [0.15, 0.2) is 0 Å². The summed E-state index contributed by atoms with van der Waals surface area (Å²) in [5, 5.41) is 12.4. The van der Waals surface area contributed by atoms with Gasteiger partial charge in [-0.3, -0.25) is 0 Å². The Labute approximate surface area is 87.5 Å². The fraction of sp³-hybridized carbons (Fsp3) is 1.00. The minimum Gasteiger partial charge on any atom is -0.395 e. The minimum atomic E-state index is 0.284. The number of nitrogens with one attached hydrogen (secondary N) is 1. The molecule has 1 saturated heterocycles. The SMILES string of the molecule is CCN(CCO)CCC1CCCCN1. The highest BCUT2D eigenvalue weighted by atomic mass is 16.3. The molecule has 0 aromatic rings. The van der Waals surface area contributed by atoms with Crippen molar-refractivity contribution in [2.24, 2.45) is 0 Å². The minimum absolute atomic E-state index is 0.284. The van der Waals surface area contributed by atoms with Crippen molar-refractivity contribution in [3.8, 4) is 0 Å². The Hall–Kier alpha value is -0.120. The van der Waals surface area contributed by atoms with Gasteiger partial charge in [0.25, 0.3) is 0 Å². The molecule has 0 spiro atoms. The highest BCUT2D eigenvalue weighted by Gasteiger charge is 2.13. The summed E-state index contributed by atoms with van der Waals surface area (Å²) in [7, 11) is 0. The molecule has 1 heterocycles. The standard InChI is InChI=1S/C11H24N2O/c1-2-13(9-10-14)8-6-11-5-3-4-7-12-11/h11-12,14H,2-10H2,1H3. The van der Waals surface area contributed by atoms with Gasteiger partial charge in [-0.2, -0.15) is 0 Å². The number of hydrogen-bond donors (Lipinski definition) is 2. The van der Waals surface area contributed by atoms with Crippen LogP contribution in [0.5, 0.6) is 0 Å². The normalized spacial score (nSPS) is 22.9. The second-order valence-corrected chi connectivity index (χ2v) is 4.09. The molecule has 3 nitrogen and oxygen atoms in total. The van der Waals surface area contributed by atoms with Crippen LogP contribution in [0.2, 0.25) is 0 Å². The molecule has 2 N–H and O–H groups in total. The fourth-order valence-corrected chi connectivity index (χ4v) is 2.08. The number of nitrogens with zero attached hydrogens (tertiary/aromatic N) is 1. The van der Waals surface area contributed by atoms with E-state index in [1.165, 1.54) is 32.2 Å². The topological polar surface area (TPSA) is 35.5 Å². The molecule has 1 unspecified atom stereocenters. The molecule has 0 saturated carbocycles. The molecule has 3 heteroatoms. The molecule has 0 aliphatic carbocycles. The second kappa shape index (κ2) is 7.21. The maximum Gasteiger partial charge on any atom is 0.0558 e. The van der Waals surface area contributed by atoms with Crippen LogP contribution in [-0.4, -0.2) is 48.8 Å². The Bertz CT molecular complexity index is 130. The predicted molar refractivity (Wildman–Crippen MR) is 59.5 cm³/mol. The van der Waals surface area contributed by atoms with E-state index in [2.05, 4.69) is 17.1 Å². The molecule has 0 amide bonds. The third-order valence-electron chi connectivity index (χ3n) is 3.07. The van der Waals surface area contributed by atoms with Crippen LogP contribution in [0.15, 0.2) is 0 Å². The summed E-state index contributed by atoms with van der Waals surface area (Å²) < 4.78 is 0. The predicted octanol–water partition coefficient (Wildman–Crippen LogP) is 0.833. The summed E-state index contributed by atoms with van der Waals surface area (Å²) in [5.41, 5.74) is 0. The highest BCUT2D eigenvalue weighted by Crippen LogP contribution is 2.10. The van der Waals surface area contributed by atoms with Gasteiger partial charge in [-0.15, -0.1) is 0 Å². The first kappa shape index (κ1) is 12.0. The smallest absolute Gasteiger partial charge is 0.0558 e. The van der Waals surface area contributed by atoms with Crippen molar-refractivity contribution in [3.63, 3.8) is 0 Å². The average molecular weight is 200 g/mol. The Morgan fingerprint density at radius 1 is 1.36 bits per heavy atom. The zero-order chi connectivity index (χ0) is 10.2. The van der Waals surface area contributed by atoms with Crippen molar-refractivity contribution in [1.29, 1.82) is 0 Å². The molecule has 1 rings (SSSR count). The summed E-state index contributed by atoms with van der Waals surface area (Å²) in [6, 6.07) is 0.719. The summed E-state index contributed by atoms with van der Waals surface area (Å²) in [5.74, 6) is 0. The molecule has 0 aromatic carbocycles. The van der Waals surface area contributed by atoms with Crippen molar-refractivity contribution in [2.75, 3.05) is 32.8 Å². The van der Waals surface area contributed by atoms with Gasteiger partial charge < -0.3 is 15.3 Å². The van der Waals surface area contributed by atoms with Gasteiger partial charge in [0, 0.05) is 12.6 Å². The molecule has 0 aromatic heterocycles. The van der Waals surface area contributed by atoms with E-state index >= 15 is 0 Å². The molecular weight excluding hydrogens is 176 g/mol. The third kappa shape index (κ3) is 4.40. The number of aliphatic hydroxyl groups excluding tert-OH is 1. The maximum atomic E-state index is 8.85. The van der Waals surface area contributed by atoms with Gasteiger partial charge in [-0.05, 0) is 38.9 Å². The Kier molecular flexibility index (Phi) is 6.15. The zero-order valence-corrected chi connectivity index (χ0v) is 9.34. The van der Waals surface area contributed by atoms with Crippen molar-refractivity contribution >= 4 is 0 Å². The molecule has 0 bridgehead atoms. The van der Waals surface area contributed by atoms with E-state index in [0.29, 0.717) is 0 Å². The molecule has 1 aliphatic rings. The molecule has 0 radical (unpaired) electrons. The van der Waals surface area contributed by atoms with Crippen LogP contribution in [0.3, 0.4) is 0 Å². The lowest BCUT2D eigenvalue weighted by atomic mass is 10.0. The number of hydrogen-bond acceptors (Lipinski definition) is 3. The van der Waals surface area contributed by atoms with Crippen LogP contribution >= 0.6 is 0 Å². The van der Waals surface area contributed by atoms with Crippen LogP contribution < -0.4 is 5.32 Å². The van der Waals surface area contributed by atoms with E-state index < -0.39 is 0 Å². The zero-order valence-electron chi connectivity index (χ0n) is 9.34. The summed E-state index contributed by atoms with van der Waals surface area (Å²) in [6.45, 7) is 6.62. The van der Waals surface area contributed by atoms with Crippen molar-refractivity contribution < 1.29 is 5.11 Å². The van der Waals surface area contributed by atoms with Crippen LogP contribution in [0.1, 0.15) is 32.6 Å². The number of likely N-dealkylation sites (N-methyl/N-ethyl adjacent to an activating group) is 1. The second-order valence-electron chi connectivity index (χ2n) is 4.09. The largest absolute Gasteiger partial charge is 0.395 e. The van der Waals surface area contributed by atoms with Gasteiger partial charge in [0.05, 0.1) is 6.61 Å². The number of aliphatic hydroxyl groups is 1. The van der Waals surface area contributed by atoms with Crippen LogP contribution in [-0.2, 0) is 0 Å². The van der Waals surface area contributed by atoms with Gasteiger partial charge in [0.1, 0.15) is 0 Å². The molecule has 14 heavy (non-hydrogen) atoms. The van der Waals surface area contributed by atoms with E-state index in [1.807, 2.05) is 0 Å². The number of rotatable bonds is 6. The van der Waals surface area contributed by atoms with Crippen LogP contribution in [0.25, 0.3) is 0 Å². The van der Waals surface area contributed by atoms with Gasteiger partial charge in [0.2, 0.25) is 0 Å². The molecule has 1 fully saturated rings. The molecule has 84 valence electrons. The first-order valence-corrected chi connectivity index (χ1v) is 5.93. The van der Waals surface area contributed by atoms with Gasteiger partial charge >= 0.3 is 0 Å². The van der Waals surface area contributed by atoms with E-state index in [0.717, 1.165) is 25.7 Å². The molecular formula is C11H24N2O. The van der Waals surface area contributed by atoms with E-state index in [4.69, 9.17) is 5.11 Å². The van der Waals surface area contributed by atoms with E-state index in [9.17, 15) is 0 Å².